The number of carbonyl (C=O) groups is 1. The molecule has 3 heterocycles. The number of H-pyrrole nitrogens is 1. The van der Waals surface area contributed by atoms with Gasteiger partial charge in [-0.2, -0.15) is 18.3 Å². The number of amides is 1. The van der Waals surface area contributed by atoms with Crippen molar-refractivity contribution < 1.29 is 22.7 Å². The van der Waals surface area contributed by atoms with Gasteiger partial charge in [-0.3, -0.25) is 9.89 Å². The first-order valence-corrected chi connectivity index (χ1v) is 10.1. The number of halogens is 3. The second-order valence-corrected chi connectivity index (χ2v) is 7.65. The molecule has 1 atom stereocenters. The van der Waals surface area contributed by atoms with E-state index < -0.39 is 11.7 Å². The molecule has 10 heteroatoms. The zero-order valence-corrected chi connectivity index (χ0v) is 17.1. The molecular weight excluding hydrogens is 423 g/mol. The Kier molecular flexibility index (Phi) is 6.02. The van der Waals surface area contributed by atoms with Crippen LogP contribution < -0.4 is 10.5 Å². The minimum Gasteiger partial charge on any atom is -0.493 e. The van der Waals surface area contributed by atoms with Crippen LogP contribution in [0.3, 0.4) is 0 Å². The standard InChI is InChI=1S/C22H22F3N5O2/c23-22(24,25)16-2-1-3-18(10-16)32-9-7-17-11-19(29-28-17)15-6-8-30(13-15)21(31)14-4-5-20(26)27-12-14/h1-5,10-12,15H,6-9,13H2,(H2,26,27)(H,28,29). The molecule has 4 rings (SSSR count). The minimum absolute atomic E-state index is 0.0924. The smallest absolute Gasteiger partial charge is 0.416 e. The van der Waals surface area contributed by atoms with Crippen molar-refractivity contribution in [2.24, 2.45) is 0 Å². The molecular formula is C22H22F3N5O2. The van der Waals surface area contributed by atoms with Gasteiger partial charge in [0.1, 0.15) is 11.6 Å². The summed E-state index contributed by atoms with van der Waals surface area (Å²) in [7, 11) is 0. The summed E-state index contributed by atoms with van der Waals surface area (Å²) in [6.07, 6.45) is -1.67. The molecule has 0 spiro atoms. The van der Waals surface area contributed by atoms with E-state index in [-0.39, 0.29) is 24.2 Å². The second-order valence-electron chi connectivity index (χ2n) is 7.65. The van der Waals surface area contributed by atoms with Crippen LogP contribution in [0, 0.1) is 0 Å². The van der Waals surface area contributed by atoms with Crippen LogP contribution in [0.5, 0.6) is 5.75 Å². The van der Waals surface area contributed by atoms with Gasteiger partial charge in [0.05, 0.1) is 23.4 Å². The van der Waals surface area contributed by atoms with Crippen LogP contribution in [0.2, 0.25) is 0 Å². The maximum atomic E-state index is 12.8. The third kappa shape index (κ3) is 5.01. The zero-order chi connectivity index (χ0) is 22.7. The van der Waals surface area contributed by atoms with E-state index >= 15 is 0 Å². The van der Waals surface area contributed by atoms with Crippen LogP contribution in [-0.2, 0) is 12.6 Å². The van der Waals surface area contributed by atoms with Gasteiger partial charge in [-0.25, -0.2) is 4.98 Å². The quantitative estimate of drug-likeness (QED) is 0.604. The molecule has 1 unspecified atom stereocenters. The number of aromatic nitrogens is 3. The van der Waals surface area contributed by atoms with Gasteiger partial charge in [-0.05, 0) is 42.8 Å². The molecule has 1 aliphatic heterocycles. The number of likely N-dealkylation sites (tertiary alicyclic amines) is 1. The summed E-state index contributed by atoms with van der Waals surface area (Å²) >= 11 is 0. The van der Waals surface area contributed by atoms with E-state index in [1.54, 1.807) is 17.0 Å². The zero-order valence-electron chi connectivity index (χ0n) is 17.1. The van der Waals surface area contributed by atoms with Gasteiger partial charge in [-0.1, -0.05) is 6.07 Å². The highest BCUT2D eigenvalue weighted by Gasteiger charge is 2.31. The third-order valence-corrected chi connectivity index (χ3v) is 5.38. The predicted molar refractivity (Wildman–Crippen MR) is 111 cm³/mol. The molecule has 2 aromatic heterocycles. The lowest BCUT2D eigenvalue weighted by atomic mass is 10.0. The van der Waals surface area contributed by atoms with E-state index in [0.717, 1.165) is 29.9 Å². The van der Waals surface area contributed by atoms with Crippen LogP contribution in [0.25, 0.3) is 0 Å². The van der Waals surface area contributed by atoms with E-state index in [4.69, 9.17) is 10.5 Å². The maximum Gasteiger partial charge on any atom is 0.416 e. The summed E-state index contributed by atoms with van der Waals surface area (Å²) < 4.78 is 43.9. The fraction of sp³-hybridized carbons (Fsp3) is 0.318. The van der Waals surface area contributed by atoms with Crippen molar-refractivity contribution in [2.75, 3.05) is 25.4 Å². The molecule has 1 saturated heterocycles. The molecule has 3 N–H and O–H groups in total. The van der Waals surface area contributed by atoms with E-state index in [0.29, 0.717) is 30.9 Å². The summed E-state index contributed by atoms with van der Waals surface area (Å²) in [4.78, 5) is 18.4. The summed E-state index contributed by atoms with van der Waals surface area (Å²) in [5.41, 5.74) is 6.99. The number of hydrogen-bond donors (Lipinski definition) is 2. The molecule has 0 saturated carbocycles. The highest BCUT2D eigenvalue weighted by atomic mass is 19.4. The van der Waals surface area contributed by atoms with Crippen molar-refractivity contribution in [2.45, 2.75) is 24.9 Å². The number of hydrogen-bond acceptors (Lipinski definition) is 5. The molecule has 1 aliphatic rings. The van der Waals surface area contributed by atoms with E-state index in [1.807, 2.05) is 6.07 Å². The maximum absolute atomic E-state index is 12.8. The molecule has 0 bridgehead atoms. The number of anilines is 1. The molecule has 0 aliphatic carbocycles. The lowest BCUT2D eigenvalue weighted by Gasteiger charge is -2.16. The SMILES string of the molecule is Nc1ccc(C(=O)N2CCC(c3cc(CCOc4cccc(C(F)(F)F)c4)[nH]n3)C2)cn1. The molecule has 7 nitrogen and oxygen atoms in total. The van der Waals surface area contributed by atoms with Crippen molar-refractivity contribution in [3.8, 4) is 5.75 Å². The fourth-order valence-electron chi connectivity index (χ4n) is 3.66. The number of carbonyl (C=O) groups excluding carboxylic acids is 1. The number of nitrogen functional groups attached to an aromatic ring is 1. The highest BCUT2D eigenvalue weighted by molar-refractivity contribution is 5.94. The Morgan fingerprint density at radius 2 is 2.09 bits per heavy atom. The Balaban J connectivity index is 1.30. The topological polar surface area (TPSA) is 97.1 Å². The van der Waals surface area contributed by atoms with Gasteiger partial charge >= 0.3 is 6.18 Å². The Hall–Kier alpha value is -3.56. The largest absolute Gasteiger partial charge is 0.493 e. The van der Waals surface area contributed by atoms with Crippen LogP contribution in [-0.4, -0.2) is 45.7 Å². The van der Waals surface area contributed by atoms with Gasteiger partial charge in [0.25, 0.3) is 5.91 Å². The highest BCUT2D eigenvalue weighted by Crippen LogP contribution is 2.31. The predicted octanol–water partition coefficient (Wildman–Crippen LogP) is 3.66. The Morgan fingerprint density at radius 3 is 2.84 bits per heavy atom. The lowest BCUT2D eigenvalue weighted by Crippen LogP contribution is -2.28. The number of ether oxygens (including phenoxy) is 1. The average Bonchev–Trinajstić information content (AvgIpc) is 3.43. The van der Waals surface area contributed by atoms with Crippen LogP contribution in [0.1, 0.15) is 39.6 Å². The number of nitrogens with zero attached hydrogens (tertiary/aromatic N) is 3. The van der Waals surface area contributed by atoms with Gasteiger partial charge in [0.15, 0.2) is 0 Å². The molecule has 168 valence electrons. The summed E-state index contributed by atoms with van der Waals surface area (Å²) in [5.74, 6) is 0.545. The molecule has 1 amide bonds. The minimum atomic E-state index is -4.40. The van der Waals surface area contributed by atoms with Gasteiger partial charge in [0, 0.05) is 37.3 Å². The number of alkyl halides is 3. The molecule has 3 aromatic rings. The van der Waals surface area contributed by atoms with Crippen molar-refractivity contribution >= 4 is 11.7 Å². The first-order valence-electron chi connectivity index (χ1n) is 10.1. The Bertz CT molecular complexity index is 1080. The average molecular weight is 445 g/mol. The normalized spacial score (nSPS) is 16.3. The monoisotopic (exact) mass is 445 g/mol. The number of nitrogens with two attached hydrogens (primary N) is 1. The van der Waals surface area contributed by atoms with Crippen LogP contribution in [0.4, 0.5) is 19.0 Å². The van der Waals surface area contributed by atoms with E-state index in [1.165, 1.54) is 18.3 Å². The van der Waals surface area contributed by atoms with Gasteiger partial charge in [-0.15, -0.1) is 0 Å². The van der Waals surface area contributed by atoms with E-state index in [2.05, 4.69) is 15.2 Å². The van der Waals surface area contributed by atoms with Crippen LogP contribution >= 0.6 is 0 Å². The Morgan fingerprint density at radius 1 is 1.25 bits per heavy atom. The molecule has 0 radical (unpaired) electrons. The first-order chi connectivity index (χ1) is 15.3. The van der Waals surface area contributed by atoms with Crippen molar-refractivity contribution in [1.29, 1.82) is 0 Å². The molecule has 32 heavy (non-hydrogen) atoms. The van der Waals surface area contributed by atoms with Gasteiger partial charge in [0.2, 0.25) is 0 Å². The van der Waals surface area contributed by atoms with E-state index in [9.17, 15) is 18.0 Å². The summed E-state index contributed by atoms with van der Waals surface area (Å²) in [6, 6.07) is 9.98. The third-order valence-electron chi connectivity index (χ3n) is 5.38. The molecule has 1 fully saturated rings. The summed E-state index contributed by atoms with van der Waals surface area (Å²) in [6.45, 7) is 1.38. The molecule has 1 aromatic carbocycles. The number of nitrogens with one attached hydrogen (secondary N) is 1. The number of benzene rings is 1. The van der Waals surface area contributed by atoms with Gasteiger partial charge < -0.3 is 15.4 Å². The fourth-order valence-corrected chi connectivity index (χ4v) is 3.66. The second kappa shape index (κ2) is 8.89. The first kappa shape index (κ1) is 21.7. The van der Waals surface area contributed by atoms with Crippen molar-refractivity contribution in [3.63, 3.8) is 0 Å². The van der Waals surface area contributed by atoms with Crippen molar-refractivity contribution in [3.05, 3.63) is 71.2 Å². The lowest BCUT2D eigenvalue weighted by molar-refractivity contribution is -0.137. The number of aromatic amines is 1. The van der Waals surface area contributed by atoms with Crippen molar-refractivity contribution in [1.82, 2.24) is 20.1 Å². The van der Waals surface area contributed by atoms with Crippen LogP contribution in [0.15, 0.2) is 48.7 Å². The summed E-state index contributed by atoms with van der Waals surface area (Å²) in [5, 5.41) is 7.30. The number of rotatable bonds is 6. The number of pyridine rings is 1. The Labute approximate surface area is 182 Å².